The van der Waals surface area contributed by atoms with E-state index in [4.69, 9.17) is 25.8 Å². The summed E-state index contributed by atoms with van der Waals surface area (Å²) in [5.41, 5.74) is 5.79. The second-order valence-corrected chi connectivity index (χ2v) is 8.38. The van der Waals surface area contributed by atoms with Gasteiger partial charge in [0, 0.05) is 11.3 Å². The summed E-state index contributed by atoms with van der Waals surface area (Å²) in [6.45, 7) is 5.46. The highest BCUT2D eigenvalue weighted by Gasteiger charge is 2.18. The van der Waals surface area contributed by atoms with Gasteiger partial charge in [0.25, 0.3) is 11.8 Å². The fourth-order valence-electron chi connectivity index (χ4n) is 3.31. The van der Waals surface area contributed by atoms with Crippen LogP contribution in [0.2, 0.25) is 5.02 Å². The summed E-state index contributed by atoms with van der Waals surface area (Å²) in [6, 6.07) is 17.4. The van der Waals surface area contributed by atoms with Crippen LogP contribution in [0.25, 0.3) is 0 Å². The van der Waals surface area contributed by atoms with Gasteiger partial charge in [0.2, 0.25) is 6.79 Å². The summed E-state index contributed by atoms with van der Waals surface area (Å²) in [6.07, 6.45) is -0.769. The molecule has 0 radical (unpaired) electrons. The number of ether oxygens (including phenoxy) is 3. The lowest BCUT2D eigenvalue weighted by Crippen LogP contribution is -2.30. The van der Waals surface area contributed by atoms with Gasteiger partial charge in [-0.1, -0.05) is 29.8 Å². The molecule has 9 heteroatoms. The van der Waals surface area contributed by atoms with Crippen molar-refractivity contribution in [3.05, 3.63) is 82.4 Å². The molecule has 1 atom stereocenters. The quantitative estimate of drug-likeness (QED) is 0.359. The molecule has 0 bridgehead atoms. The Morgan fingerprint density at radius 3 is 2.63 bits per heavy atom. The molecule has 35 heavy (non-hydrogen) atoms. The van der Waals surface area contributed by atoms with Crippen molar-refractivity contribution in [2.24, 2.45) is 5.10 Å². The van der Waals surface area contributed by atoms with Gasteiger partial charge in [0.15, 0.2) is 17.6 Å². The minimum atomic E-state index is -0.769. The normalized spacial score (nSPS) is 13.2. The number of hydrogen-bond donors (Lipinski definition) is 2. The standard InChI is InChI=1S/C26H24ClN3O5/c1-15-7-9-22(21(27)11-15)35-17(3)25(31)28-20-6-4-5-18(12-20)16(2)29-30-26(32)19-8-10-23-24(13-19)34-14-33-23/h4-13,17H,14H2,1-3H3,(H,28,31)(H,30,32)/b29-16-/t17-/m0/s1. The van der Waals surface area contributed by atoms with Gasteiger partial charge >= 0.3 is 0 Å². The minimum Gasteiger partial charge on any atom is -0.479 e. The van der Waals surface area contributed by atoms with Crippen LogP contribution in [0.5, 0.6) is 17.2 Å². The molecule has 0 aliphatic carbocycles. The summed E-state index contributed by atoms with van der Waals surface area (Å²) >= 11 is 6.20. The van der Waals surface area contributed by atoms with E-state index >= 15 is 0 Å². The highest BCUT2D eigenvalue weighted by atomic mass is 35.5. The third-order valence-corrected chi connectivity index (χ3v) is 5.56. The average Bonchev–Trinajstić information content (AvgIpc) is 3.32. The van der Waals surface area contributed by atoms with E-state index in [1.807, 2.05) is 19.1 Å². The fraction of sp³-hybridized carbons (Fsp3) is 0.192. The Labute approximate surface area is 207 Å². The van der Waals surface area contributed by atoms with Gasteiger partial charge < -0.3 is 19.5 Å². The van der Waals surface area contributed by atoms with Crippen LogP contribution in [-0.4, -0.2) is 30.4 Å². The molecule has 4 rings (SSSR count). The third-order valence-electron chi connectivity index (χ3n) is 5.27. The van der Waals surface area contributed by atoms with E-state index in [0.29, 0.717) is 39.2 Å². The SMILES string of the molecule is C/C(=N/NC(=O)c1ccc2c(c1)OCO2)c1cccc(NC(=O)[C@H](C)Oc2ccc(C)cc2Cl)c1. The summed E-state index contributed by atoms with van der Waals surface area (Å²) in [4.78, 5) is 25.1. The van der Waals surface area contributed by atoms with Crippen LogP contribution in [0.1, 0.15) is 35.3 Å². The van der Waals surface area contributed by atoms with E-state index in [2.05, 4.69) is 15.8 Å². The van der Waals surface area contributed by atoms with Crippen molar-refractivity contribution in [3.8, 4) is 17.2 Å². The first kappa shape index (κ1) is 24.1. The van der Waals surface area contributed by atoms with Crippen molar-refractivity contribution in [2.45, 2.75) is 26.9 Å². The first-order chi connectivity index (χ1) is 16.8. The van der Waals surface area contributed by atoms with E-state index in [0.717, 1.165) is 11.1 Å². The minimum absolute atomic E-state index is 0.134. The molecule has 0 saturated heterocycles. The van der Waals surface area contributed by atoms with E-state index in [9.17, 15) is 9.59 Å². The summed E-state index contributed by atoms with van der Waals surface area (Å²) in [7, 11) is 0. The predicted molar refractivity (Wildman–Crippen MR) is 134 cm³/mol. The lowest BCUT2D eigenvalue weighted by atomic mass is 10.1. The number of nitrogens with zero attached hydrogens (tertiary/aromatic N) is 1. The molecular weight excluding hydrogens is 470 g/mol. The smallest absolute Gasteiger partial charge is 0.271 e. The summed E-state index contributed by atoms with van der Waals surface area (Å²) in [5.74, 6) is 0.846. The second kappa shape index (κ2) is 10.5. The molecule has 2 N–H and O–H groups in total. The Hall–Kier alpha value is -4.04. The predicted octanol–water partition coefficient (Wildman–Crippen LogP) is 4.94. The molecule has 0 aromatic heterocycles. The van der Waals surface area contributed by atoms with E-state index in [-0.39, 0.29) is 18.6 Å². The molecule has 0 spiro atoms. The number of anilines is 1. The van der Waals surface area contributed by atoms with E-state index in [1.165, 1.54) is 0 Å². The zero-order valence-electron chi connectivity index (χ0n) is 19.4. The molecule has 1 aliphatic heterocycles. The number of rotatable bonds is 7. The molecule has 3 aromatic rings. The van der Waals surface area contributed by atoms with Crippen molar-refractivity contribution >= 4 is 34.8 Å². The highest BCUT2D eigenvalue weighted by molar-refractivity contribution is 6.32. The zero-order chi connectivity index (χ0) is 24.9. The van der Waals surface area contributed by atoms with E-state index < -0.39 is 6.10 Å². The molecule has 0 fully saturated rings. The lowest BCUT2D eigenvalue weighted by Gasteiger charge is -2.16. The van der Waals surface area contributed by atoms with Crippen LogP contribution >= 0.6 is 11.6 Å². The van der Waals surface area contributed by atoms with Crippen LogP contribution in [0, 0.1) is 6.92 Å². The molecule has 8 nitrogen and oxygen atoms in total. The number of benzene rings is 3. The Morgan fingerprint density at radius 2 is 1.83 bits per heavy atom. The van der Waals surface area contributed by atoms with Gasteiger partial charge in [-0.25, -0.2) is 5.43 Å². The Morgan fingerprint density at radius 1 is 1.03 bits per heavy atom. The van der Waals surface area contributed by atoms with Gasteiger partial charge in [-0.15, -0.1) is 0 Å². The summed E-state index contributed by atoms with van der Waals surface area (Å²) < 4.78 is 16.3. The van der Waals surface area contributed by atoms with Crippen molar-refractivity contribution < 1.29 is 23.8 Å². The number of nitrogens with one attached hydrogen (secondary N) is 2. The number of fused-ring (bicyclic) bond motifs is 1. The average molecular weight is 494 g/mol. The van der Waals surface area contributed by atoms with Crippen LogP contribution in [0.3, 0.4) is 0 Å². The van der Waals surface area contributed by atoms with Crippen LogP contribution < -0.4 is 25.0 Å². The molecule has 180 valence electrons. The van der Waals surface area contributed by atoms with E-state index in [1.54, 1.807) is 62.4 Å². The van der Waals surface area contributed by atoms with Gasteiger partial charge in [0.1, 0.15) is 5.75 Å². The highest BCUT2D eigenvalue weighted by Crippen LogP contribution is 2.32. The molecule has 3 aromatic carbocycles. The largest absolute Gasteiger partial charge is 0.479 e. The Kier molecular flexibility index (Phi) is 7.22. The fourth-order valence-corrected chi connectivity index (χ4v) is 3.59. The maximum Gasteiger partial charge on any atom is 0.271 e. The topological polar surface area (TPSA) is 98.3 Å². The first-order valence-electron chi connectivity index (χ1n) is 10.9. The van der Waals surface area contributed by atoms with Crippen molar-refractivity contribution in [2.75, 3.05) is 12.1 Å². The van der Waals surface area contributed by atoms with Gasteiger partial charge in [-0.3, -0.25) is 9.59 Å². The number of aryl methyl sites for hydroxylation is 1. The van der Waals surface area contributed by atoms with Crippen molar-refractivity contribution in [1.29, 1.82) is 0 Å². The lowest BCUT2D eigenvalue weighted by molar-refractivity contribution is -0.122. The summed E-state index contributed by atoms with van der Waals surface area (Å²) in [5, 5.41) is 7.46. The van der Waals surface area contributed by atoms with Crippen LogP contribution in [-0.2, 0) is 4.79 Å². The number of hydrogen-bond acceptors (Lipinski definition) is 6. The number of carbonyl (C=O) groups is 2. The zero-order valence-corrected chi connectivity index (χ0v) is 20.2. The number of carbonyl (C=O) groups excluding carboxylic acids is 2. The van der Waals surface area contributed by atoms with Crippen LogP contribution in [0.15, 0.2) is 65.8 Å². The molecule has 1 heterocycles. The molecule has 0 saturated carbocycles. The van der Waals surface area contributed by atoms with Crippen molar-refractivity contribution in [1.82, 2.24) is 5.43 Å². The number of amides is 2. The maximum atomic E-state index is 12.6. The number of hydrazone groups is 1. The van der Waals surface area contributed by atoms with Gasteiger partial charge in [-0.2, -0.15) is 5.10 Å². The Balaban J connectivity index is 1.38. The van der Waals surface area contributed by atoms with Gasteiger partial charge in [-0.05, 0) is 74.4 Å². The molecular formula is C26H24ClN3O5. The molecule has 0 unspecified atom stereocenters. The monoisotopic (exact) mass is 493 g/mol. The second-order valence-electron chi connectivity index (χ2n) is 7.97. The van der Waals surface area contributed by atoms with Crippen LogP contribution in [0.4, 0.5) is 5.69 Å². The third kappa shape index (κ3) is 5.91. The maximum absolute atomic E-state index is 12.6. The first-order valence-corrected chi connectivity index (χ1v) is 11.3. The Bertz CT molecular complexity index is 1310. The molecule has 2 amide bonds. The van der Waals surface area contributed by atoms with Crippen molar-refractivity contribution in [3.63, 3.8) is 0 Å². The number of halogens is 1. The molecule has 1 aliphatic rings. The van der Waals surface area contributed by atoms with Gasteiger partial charge in [0.05, 0.1) is 10.7 Å².